The Kier molecular flexibility index (Phi) is 6.89. The van der Waals surface area contributed by atoms with Gasteiger partial charge in [-0.1, -0.05) is 30.0 Å². The van der Waals surface area contributed by atoms with E-state index in [0.29, 0.717) is 38.0 Å². The highest BCUT2D eigenvalue weighted by molar-refractivity contribution is 8.13. The van der Waals surface area contributed by atoms with Gasteiger partial charge in [-0.3, -0.25) is 9.69 Å². The highest BCUT2D eigenvalue weighted by Gasteiger charge is 2.29. The van der Waals surface area contributed by atoms with Crippen LogP contribution >= 0.6 is 23.1 Å². The number of thioether (sulfide) groups is 1. The molecule has 1 amide bonds. The van der Waals surface area contributed by atoms with Gasteiger partial charge in [0.1, 0.15) is 4.21 Å². The van der Waals surface area contributed by atoms with Gasteiger partial charge < -0.3 is 4.74 Å². The fourth-order valence-electron chi connectivity index (χ4n) is 3.25. The van der Waals surface area contributed by atoms with Gasteiger partial charge in [0.15, 0.2) is 5.17 Å². The number of amidine groups is 1. The van der Waals surface area contributed by atoms with E-state index in [1.54, 1.807) is 28.8 Å². The molecule has 2 aromatic rings. The van der Waals surface area contributed by atoms with E-state index in [1.807, 2.05) is 30.3 Å². The van der Waals surface area contributed by atoms with E-state index < -0.39 is 10.0 Å². The van der Waals surface area contributed by atoms with Gasteiger partial charge in [0.25, 0.3) is 10.0 Å². The zero-order valence-electron chi connectivity index (χ0n) is 16.4. The van der Waals surface area contributed by atoms with Gasteiger partial charge in [0, 0.05) is 30.3 Å². The molecule has 3 heterocycles. The average Bonchev–Trinajstić information content (AvgIpc) is 3.25. The molecule has 0 radical (unpaired) electrons. The standard InChI is InChI=1S/C20H23N3O4S3/c24-18(23-9-4-14-28-20(23)21-16-5-2-1-3-6-16)15-17-7-8-19(29-17)30(25,26)22-10-12-27-13-11-22/h1-3,5-8H,4,9-15H2. The Balaban J connectivity index is 1.47. The molecule has 160 valence electrons. The molecule has 1 aromatic heterocycles. The molecule has 7 nitrogen and oxygen atoms in total. The summed E-state index contributed by atoms with van der Waals surface area (Å²) in [5.41, 5.74) is 0.815. The van der Waals surface area contributed by atoms with Gasteiger partial charge in [0.2, 0.25) is 5.91 Å². The number of ether oxygens (including phenoxy) is 1. The molecule has 2 aliphatic rings. The maximum Gasteiger partial charge on any atom is 0.252 e. The van der Waals surface area contributed by atoms with E-state index in [1.165, 1.54) is 15.6 Å². The van der Waals surface area contributed by atoms with Gasteiger partial charge in [0.05, 0.1) is 25.3 Å². The van der Waals surface area contributed by atoms with E-state index in [9.17, 15) is 13.2 Å². The number of carbonyl (C=O) groups excluding carboxylic acids is 1. The summed E-state index contributed by atoms with van der Waals surface area (Å²) < 4.78 is 32.6. The third-order valence-corrected chi connectivity index (χ3v) is 9.31. The number of rotatable bonds is 5. The lowest BCUT2D eigenvalue weighted by molar-refractivity contribution is -0.126. The SMILES string of the molecule is O=C(Cc1ccc(S(=O)(=O)N2CCOCC2)s1)N1CCCSC1=Nc1ccccc1. The Hall–Kier alpha value is -1.72. The molecule has 1 aromatic carbocycles. The summed E-state index contributed by atoms with van der Waals surface area (Å²) in [5, 5.41) is 0.704. The largest absolute Gasteiger partial charge is 0.379 e. The minimum atomic E-state index is -3.53. The molecule has 2 aliphatic heterocycles. The van der Waals surface area contributed by atoms with Crippen LogP contribution in [0.2, 0.25) is 0 Å². The molecule has 0 spiro atoms. The molecule has 30 heavy (non-hydrogen) atoms. The van der Waals surface area contributed by atoms with Crippen LogP contribution in [0, 0.1) is 0 Å². The van der Waals surface area contributed by atoms with Crippen LogP contribution in [0.3, 0.4) is 0 Å². The van der Waals surface area contributed by atoms with E-state index >= 15 is 0 Å². The monoisotopic (exact) mass is 465 g/mol. The molecule has 2 fully saturated rings. The number of hydrogen-bond acceptors (Lipinski definition) is 7. The third kappa shape index (κ3) is 4.94. The summed E-state index contributed by atoms with van der Waals surface area (Å²) in [6, 6.07) is 12.9. The van der Waals surface area contributed by atoms with Crippen molar-refractivity contribution in [1.29, 1.82) is 0 Å². The average molecular weight is 466 g/mol. The molecule has 0 aliphatic carbocycles. The molecule has 0 saturated carbocycles. The Morgan fingerprint density at radius 2 is 1.83 bits per heavy atom. The molecule has 0 bridgehead atoms. The van der Waals surface area contributed by atoms with Gasteiger partial charge in [-0.05, 0) is 30.7 Å². The van der Waals surface area contributed by atoms with Crippen LogP contribution in [-0.2, 0) is 26.0 Å². The molecule has 0 unspecified atom stereocenters. The number of carbonyl (C=O) groups is 1. The molecule has 4 rings (SSSR count). The van der Waals surface area contributed by atoms with Crippen molar-refractivity contribution in [2.45, 2.75) is 17.1 Å². The number of sulfonamides is 1. The lowest BCUT2D eigenvalue weighted by Gasteiger charge is -2.27. The minimum Gasteiger partial charge on any atom is -0.379 e. The third-order valence-electron chi connectivity index (χ3n) is 4.80. The first-order valence-electron chi connectivity index (χ1n) is 9.77. The number of morpholine rings is 1. The maximum absolute atomic E-state index is 13.0. The van der Waals surface area contributed by atoms with Crippen molar-refractivity contribution in [2.24, 2.45) is 4.99 Å². The van der Waals surface area contributed by atoms with Crippen molar-refractivity contribution >= 4 is 49.9 Å². The molecular formula is C20H23N3O4S3. The van der Waals surface area contributed by atoms with Gasteiger partial charge >= 0.3 is 0 Å². The van der Waals surface area contributed by atoms with Crippen LogP contribution in [0.5, 0.6) is 0 Å². The second kappa shape index (κ2) is 9.61. The van der Waals surface area contributed by atoms with E-state index in [2.05, 4.69) is 4.99 Å². The number of nitrogens with zero attached hydrogens (tertiary/aromatic N) is 3. The fraction of sp³-hybridized carbons (Fsp3) is 0.400. The number of aliphatic imine (C=N–C) groups is 1. The normalized spacial score (nSPS) is 19.9. The lowest BCUT2D eigenvalue weighted by Crippen LogP contribution is -2.40. The van der Waals surface area contributed by atoms with Gasteiger partial charge in [-0.2, -0.15) is 4.31 Å². The summed E-state index contributed by atoms with van der Waals surface area (Å²) >= 11 is 2.74. The van der Waals surface area contributed by atoms with E-state index in [4.69, 9.17) is 4.74 Å². The quantitative estimate of drug-likeness (QED) is 0.678. The van der Waals surface area contributed by atoms with Crippen molar-refractivity contribution in [3.63, 3.8) is 0 Å². The predicted molar refractivity (Wildman–Crippen MR) is 120 cm³/mol. The molecular weight excluding hydrogens is 442 g/mol. The Labute approximate surface area is 184 Å². The Bertz CT molecular complexity index is 1010. The van der Waals surface area contributed by atoms with Crippen LogP contribution in [0.25, 0.3) is 0 Å². The maximum atomic E-state index is 13.0. The van der Waals surface area contributed by atoms with Gasteiger partial charge in [-0.25, -0.2) is 13.4 Å². The van der Waals surface area contributed by atoms with Crippen LogP contribution in [0.15, 0.2) is 51.7 Å². The smallest absolute Gasteiger partial charge is 0.252 e. The fourth-order valence-corrected chi connectivity index (χ4v) is 7.13. The Morgan fingerprint density at radius 3 is 2.60 bits per heavy atom. The summed E-state index contributed by atoms with van der Waals surface area (Å²) in [6.07, 6.45) is 1.07. The highest BCUT2D eigenvalue weighted by atomic mass is 32.2. The van der Waals surface area contributed by atoms with Crippen molar-refractivity contribution in [3.8, 4) is 0 Å². The number of para-hydroxylation sites is 1. The first-order valence-corrected chi connectivity index (χ1v) is 13.0. The van der Waals surface area contributed by atoms with Crippen LogP contribution in [0.1, 0.15) is 11.3 Å². The summed E-state index contributed by atoms with van der Waals surface area (Å²) in [7, 11) is -3.53. The molecule has 0 N–H and O–H groups in total. The first kappa shape index (κ1) is 21.5. The second-order valence-electron chi connectivity index (χ2n) is 6.89. The number of hydrogen-bond donors (Lipinski definition) is 0. The zero-order chi connectivity index (χ0) is 21.0. The van der Waals surface area contributed by atoms with E-state index in [-0.39, 0.29) is 16.5 Å². The zero-order valence-corrected chi connectivity index (χ0v) is 18.8. The minimum absolute atomic E-state index is 0.0611. The van der Waals surface area contributed by atoms with Crippen molar-refractivity contribution < 1.29 is 17.9 Å². The second-order valence-corrected chi connectivity index (χ2v) is 11.3. The van der Waals surface area contributed by atoms with Crippen LogP contribution in [0.4, 0.5) is 5.69 Å². The summed E-state index contributed by atoms with van der Waals surface area (Å²) in [4.78, 5) is 20.1. The summed E-state index contributed by atoms with van der Waals surface area (Å²) in [6.45, 7) is 2.16. The predicted octanol–water partition coefficient (Wildman–Crippen LogP) is 2.96. The Morgan fingerprint density at radius 1 is 1.07 bits per heavy atom. The van der Waals surface area contributed by atoms with Crippen LogP contribution < -0.4 is 0 Å². The molecule has 2 saturated heterocycles. The van der Waals surface area contributed by atoms with Crippen LogP contribution in [-0.4, -0.2) is 67.3 Å². The van der Waals surface area contributed by atoms with Gasteiger partial charge in [-0.15, -0.1) is 11.3 Å². The van der Waals surface area contributed by atoms with E-state index in [0.717, 1.165) is 22.7 Å². The number of amides is 1. The van der Waals surface area contributed by atoms with Crippen molar-refractivity contribution in [3.05, 3.63) is 47.3 Å². The first-order chi connectivity index (χ1) is 14.5. The lowest BCUT2D eigenvalue weighted by atomic mass is 10.3. The number of thiophene rings is 1. The number of benzene rings is 1. The highest BCUT2D eigenvalue weighted by Crippen LogP contribution is 2.28. The van der Waals surface area contributed by atoms with Crippen molar-refractivity contribution in [2.75, 3.05) is 38.6 Å². The molecule has 0 atom stereocenters. The van der Waals surface area contributed by atoms with Crippen molar-refractivity contribution in [1.82, 2.24) is 9.21 Å². The molecule has 10 heteroatoms. The topological polar surface area (TPSA) is 79.3 Å². The summed E-state index contributed by atoms with van der Waals surface area (Å²) in [5.74, 6) is 0.866.